The largest absolute Gasteiger partial charge is 0.481 e. The van der Waals surface area contributed by atoms with Crippen LogP contribution in [0.2, 0.25) is 0 Å². The molecule has 0 aliphatic carbocycles. The molecule has 2 N–H and O–H groups in total. The minimum absolute atomic E-state index is 0.140. The van der Waals surface area contributed by atoms with Gasteiger partial charge >= 0.3 is 11.9 Å². The summed E-state index contributed by atoms with van der Waals surface area (Å²) in [6.45, 7) is 0. The Morgan fingerprint density at radius 1 is 1.04 bits per heavy atom. The highest BCUT2D eigenvalue weighted by Crippen LogP contribution is 2.26. The smallest absolute Gasteiger partial charge is 0.303 e. The number of nitrogens with zero attached hydrogens (tertiary/aromatic N) is 2. The first kappa shape index (κ1) is 21.4. The van der Waals surface area contributed by atoms with Crippen molar-refractivity contribution in [3.8, 4) is 0 Å². The molecule has 0 saturated heterocycles. The fourth-order valence-electron chi connectivity index (χ4n) is 2.53. The van der Waals surface area contributed by atoms with Crippen molar-refractivity contribution in [1.29, 1.82) is 0 Å². The number of carboxylic acid groups (broad SMARTS) is 2. The molecular weight excluding hydrogens is 368 g/mol. The standard InChI is InChI=1S/C15H20N2O8S/c18-14(19)5-1-3-11(4-2-6-15(20)21)16(26(24)25)12-7-9-13(10-8-12)17(22)23/h7-11,26H,1-6H2,(H,18,19)(H,20,21). The lowest BCUT2D eigenvalue weighted by molar-refractivity contribution is -0.384. The topological polar surface area (TPSA) is 155 Å². The van der Waals surface area contributed by atoms with E-state index in [9.17, 15) is 28.1 Å². The molecule has 0 saturated carbocycles. The van der Waals surface area contributed by atoms with Crippen LogP contribution in [0.5, 0.6) is 0 Å². The van der Waals surface area contributed by atoms with Gasteiger partial charge in [-0.2, -0.15) is 0 Å². The van der Waals surface area contributed by atoms with Crippen LogP contribution in [0.15, 0.2) is 24.3 Å². The van der Waals surface area contributed by atoms with Gasteiger partial charge in [-0.25, -0.2) is 8.42 Å². The average Bonchev–Trinajstić information content (AvgIpc) is 2.54. The maximum atomic E-state index is 11.8. The van der Waals surface area contributed by atoms with Crippen molar-refractivity contribution in [3.05, 3.63) is 34.4 Å². The molecule has 0 bridgehead atoms. The third kappa shape index (κ3) is 7.05. The molecular formula is C15H20N2O8S. The van der Waals surface area contributed by atoms with Gasteiger partial charge in [0.25, 0.3) is 5.69 Å². The Labute approximate surface area is 151 Å². The van der Waals surface area contributed by atoms with Crippen LogP contribution in [0.3, 0.4) is 0 Å². The first-order valence-corrected chi connectivity index (χ1v) is 8.97. The molecule has 10 nitrogen and oxygen atoms in total. The highest BCUT2D eigenvalue weighted by Gasteiger charge is 2.22. The zero-order valence-corrected chi connectivity index (χ0v) is 14.7. The molecule has 0 unspecified atom stereocenters. The average molecular weight is 388 g/mol. The molecule has 0 spiro atoms. The Morgan fingerprint density at radius 2 is 1.50 bits per heavy atom. The van der Waals surface area contributed by atoms with E-state index in [1.54, 1.807) is 0 Å². The molecule has 0 aliphatic heterocycles. The summed E-state index contributed by atoms with van der Waals surface area (Å²) in [5.41, 5.74) is 0.0190. The molecule has 11 heteroatoms. The molecule has 26 heavy (non-hydrogen) atoms. The van der Waals surface area contributed by atoms with Crippen LogP contribution in [0, 0.1) is 10.1 Å². The lowest BCUT2D eigenvalue weighted by Crippen LogP contribution is -2.34. The number of non-ortho nitro benzene ring substituents is 1. The maximum absolute atomic E-state index is 11.8. The van der Waals surface area contributed by atoms with E-state index in [0.717, 1.165) is 4.31 Å². The minimum atomic E-state index is -3.10. The zero-order chi connectivity index (χ0) is 19.7. The van der Waals surface area contributed by atoms with E-state index in [-0.39, 0.29) is 49.9 Å². The van der Waals surface area contributed by atoms with Gasteiger partial charge in [0.2, 0.25) is 10.9 Å². The van der Waals surface area contributed by atoms with Crippen LogP contribution >= 0.6 is 0 Å². The van der Waals surface area contributed by atoms with Gasteiger partial charge in [0.15, 0.2) is 0 Å². The van der Waals surface area contributed by atoms with Crippen molar-refractivity contribution in [2.24, 2.45) is 0 Å². The number of hydrogen-bond acceptors (Lipinski definition) is 6. The van der Waals surface area contributed by atoms with Crippen molar-refractivity contribution >= 4 is 34.2 Å². The summed E-state index contributed by atoms with van der Waals surface area (Å²) in [7, 11) is -3.10. The fourth-order valence-corrected chi connectivity index (χ4v) is 3.35. The highest BCUT2D eigenvalue weighted by molar-refractivity contribution is 7.74. The van der Waals surface area contributed by atoms with Crippen LogP contribution in [-0.4, -0.2) is 41.5 Å². The van der Waals surface area contributed by atoms with Crippen molar-refractivity contribution in [3.63, 3.8) is 0 Å². The van der Waals surface area contributed by atoms with Crippen LogP contribution in [0.25, 0.3) is 0 Å². The van der Waals surface area contributed by atoms with Gasteiger partial charge < -0.3 is 10.2 Å². The second-order valence-electron chi connectivity index (χ2n) is 5.58. The Kier molecular flexibility index (Phi) is 8.49. The fraction of sp³-hybridized carbons (Fsp3) is 0.467. The van der Waals surface area contributed by atoms with Crippen LogP contribution < -0.4 is 4.31 Å². The Balaban J connectivity index is 3.01. The summed E-state index contributed by atoms with van der Waals surface area (Å²) in [6, 6.07) is 4.31. The van der Waals surface area contributed by atoms with Gasteiger partial charge in [0.05, 0.1) is 10.6 Å². The van der Waals surface area contributed by atoms with Gasteiger partial charge in [-0.15, -0.1) is 0 Å². The van der Waals surface area contributed by atoms with Crippen molar-refractivity contribution < 1.29 is 33.1 Å². The van der Waals surface area contributed by atoms with E-state index in [1.165, 1.54) is 24.3 Å². The Morgan fingerprint density at radius 3 is 1.85 bits per heavy atom. The van der Waals surface area contributed by atoms with Gasteiger partial charge in [-0.05, 0) is 37.8 Å². The number of rotatable bonds is 12. The Bertz CT molecular complexity index is 689. The third-order valence-corrected chi connectivity index (χ3v) is 4.61. The number of carbonyl (C=O) groups is 2. The van der Waals surface area contributed by atoms with Crippen molar-refractivity contribution in [1.82, 2.24) is 0 Å². The monoisotopic (exact) mass is 388 g/mol. The normalized spacial score (nSPS) is 10.8. The molecule has 1 rings (SSSR count). The lowest BCUT2D eigenvalue weighted by atomic mass is 10.0. The summed E-state index contributed by atoms with van der Waals surface area (Å²) in [5.74, 6) is -2.02. The molecule has 1 aromatic carbocycles. The first-order chi connectivity index (χ1) is 12.2. The number of benzene rings is 1. The molecule has 0 aliphatic rings. The molecule has 0 fully saturated rings. The number of aliphatic carboxylic acids is 2. The molecule has 0 aromatic heterocycles. The number of carboxylic acids is 2. The van der Waals surface area contributed by atoms with Crippen LogP contribution in [-0.2, 0) is 20.5 Å². The summed E-state index contributed by atoms with van der Waals surface area (Å²) in [6.07, 6.45) is 0.621. The predicted molar refractivity (Wildman–Crippen MR) is 92.7 cm³/mol. The molecule has 0 radical (unpaired) electrons. The van der Waals surface area contributed by atoms with E-state index < -0.39 is 33.8 Å². The number of thiol groups is 1. The van der Waals surface area contributed by atoms with Crippen LogP contribution in [0.4, 0.5) is 11.4 Å². The van der Waals surface area contributed by atoms with Gasteiger partial charge in [0, 0.05) is 31.0 Å². The maximum Gasteiger partial charge on any atom is 0.303 e. The Hall–Kier alpha value is -2.69. The first-order valence-electron chi connectivity index (χ1n) is 7.84. The van der Waals surface area contributed by atoms with Gasteiger partial charge in [0.1, 0.15) is 0 Å². The van der Waals surface area contributed by atoms with E-state index in [0.29, 0.717) is 0 Å². The molecule has 144 valence electrons. The molecule has 0 heterocycles. The summed E-state index contributed by atoms with van der Waals surface area (Å²) >= 11 is 0. The summed E-state index contributed by atoms with van der Waals surface area (Å²) < 4.78 is 24.5. The van der Waals surface area contributed by atoms with Crippen LogP contribution in [0.1, 0.15) is 38.5 Å². The second kappa shape index (κ2) is 10.3. The van der Waals surface area contributed by atoms with Gasteiger partial charge in [-0.1, -0.05) is 0 Å². The number of nitro benzene ring substituents is 1. The summed E-state index contributed by atoms with van der Waals surface area (Å²) in [5, 5.41) is 28.2. The minimum Gasteiger partial charge on any atom is -0.481 e. The quantitative estimate of drug-likeness (QED) is 0.278. The highest BCUT2D eigenvalue weighted by atomic mass is 32.2. The van der Waals surface area contributed by atoms with E-state index >= 15 is 0 Å². The SMILES string of the molecule is O=C(O)CCCC(CCCC(=O)O)N(c1ccc([N+](=O)[O-])cc1)[SH](=O)=O. The van der Waals surface area contributed by atoms with Gasteiger partial charge in [-0.3, -0.25) is 24.0 Å². The number of anilines is 1. The predicted octanol–water partition coefficient (Wildman–Crippen LogP) is 1.81. The lowest BCUT2D eigenvalue weighted by Gasteiger charge is -2.28. The van der Waals surface area contributed by atoms with Crippen molar-refractivity contribution in [2.75, 3.05) is 4.31 Å². The second-order valence-corrected chi connectivity index (χ2v) is 6.49. The number of hydrogen-bond donors (Lipinski definition) is 3. The van der Waals surface area contributed by atoms with E-state index in [2.05, 4.69) is 0 Å². The molecule has 0 amide bonds. The zero-order valence-electron chi connectivity index (χ0n) is 13.8. The summed E-state index contributed by atoms with van der Waals surface area (Å²) in [4.78, 5) is 31.5. The van der Waals surface area contributed by atoms with Crippen molar-refractivity contribution in [2.45, 2.75) is 44.6 Å². The van der Waals surface area contributed by atoms with E-state index in [1.807, 2.05) is 0 Å². The third-order valence-electron chi connectivity index (χ3n) is 3.70. The van der Waals surface area contributed by atoms with E-state index in [4.69, 9.17) is 10.2 Å². The molecule has 0 atom stereocenters. The molecule has 1 aromatic rings. The number of nitro groups is 1.